The molecule has 0 amide bonds. The summed E-state index contributed by atoms with van der Waals surface area (Å²) in [5, 5.41) is 11.8. The number of oxime groups is 1. The Bertz CT molecular complexity index is 208. The van der Waals surface area contributed by atoms with Gasteiger partial charge in [-0.2, -0.15) is 0 Å². The minimum Gasteiger partial charge on any atom is -0.409 e. The van der Waals surface area contributed by atoms with Gasteiger partial charge >= 0.3 is 0 Å². The van der Waals surface area contributed by atoms with Crippen molar-refractivity contribution in [1.29, 1.82) is 0 Å². The van der Waals surface area contributed by atoms with Crippen LogP contribution in [0.2, 0.25) is 0 Å². The van der Waals surface area contributed by atoms with Gasteiger partial charge in [0.1, 0.15) is 5.84 Å². The van der Waals surface area contributed by atoms with Crippen molar-refractivity contribution in [2.75, 3.05) is 19.6 Å². The third-order valence-electron chi connectivity index (χ3n) is 2.93. The molecule has 0 radical (unpaired) electrons. The van der Waals surface area contributed by atoms with Crippen LogP contribution in [0.25, 0.3) is 0 Å². The second-order valence-corrected chi connectivity index (χ2v) is 4.96. The molecule has 0 aromatic heterocycles. The third-order valence-corrected chi connectivity index (χ3v) is 2.93. The van der Waals surface area contributed by atoms with Gasteiger partial charge in [-0.15, -0.1) is 0 Å². The highest BCUT2D eigenvalue weighted by molar-refractivity contribution is 5.85. The van der Waals surface area contributed by atoms with E-state index in [1.807, 2.05) is 13.8 Å². The van der Waals surface area contributed by atoms with E-state index in [2.05, 4.69) is 23.9 Å². The lowest BCUT2D eigenvalue weighted by atomic mass is 9.88. The lowest BCUT2D eigenvalue weighted by Crippen LogP contribution is -2.36. The van der Waals surface area contributed by atoms with Crippen molar-refractivity contribution < 1.29 is 5.21 Å². The van der Waals surface area contributed by atoms with E-state index in [0.717, 1.165) is 26.1 Å². The van der Waals surface area contributed by atoms with Gasteiger partial charge in [0.25, 0.3) is 0 Å². The maximum atomic E-state index is 8.69. The van der Waals surface area contributed by atoms with Crippen LogP contribution >= 0.6 is 0 Å². The van der Waals surface area contributed by atoms with Gasteiger partial charge in [-0.1, -0.05) is 32.9 Å². The standard InChI is InChI=1S/C12H27N3O/c1-5-8-15(9-6-2)10-7-12(3,4)11(13)14-16/h16H,5-10H2,1-4H3,(H2,13,14). The molecule has 0 aromatic carbocycles. The van der Waals surface area contributed by atoms with Crippen LogP contribution in [0.15, 0.2) is 5.16 Å². The van der Waals surface area contributed by atoms with E-state index in [0.29, 0.717) is 5.84 Å². The Morgan fingerprint density at radius 1 is 1.19 bits per heavy atom. The molecule has 0 unspecified atom stereocenters. The molecule has 16 heavy (non-hydrogen) atoms. The fourth-order valence-corrected chi connectivity index (χ4v) is 1.67. The molecule has 0 aliphatic heterocycles. The third kappa shape index (κ3) is 5.35. The fraction of sp³-hybridized carbons (Fsp3) is 0.917. The highest BCUT2D eigenvalue weighted by Crippen LogP contribution is 2.20. The molecule has 0 aromatic rings. The fourth-order valence-electron chi connectivity index (χ4n) is 1.67. The molecule has 96 valence electrons. The van der Waals surface area contributed by atoms with E-state index in [-0.39, 0.29) is 5.41 Å². The van der Waals surface area contributed by atoms with Crippen LogP contribution in [-0.2, 0) is 0 Å². The SMILES string of the molecule is CCCN(CCC)CCC(C)(C)C(N)=NO. The quantitative estimate of drug-likeness (QED) is 0.290. The van der Waals surface area contributed by atoms with Crippen LogP contribution in [0.5, 0.6) is 0 Å². The molecule has 0 heterocycles. The van der Waals surface area contributed by atoms with Gasteiger partial charge in [-0.3, -0.25) is 0 Å². The van der Waals surface area contributed by atoms with E-state index in [1.54, 1.807) is 0 Å². The number of rotatable bonds is 8. The molecule has 0 bridgehead atoms. The molecule has 0 aliphatic rings. The Balaban J connectivity index is 4.17. The molecule has 4 nitrogen and oxygen atoms in total. The molecule has 0 spiro atoms. The van der Waals surface area contributed by atoms with Gasteiger partial charge in [-0.25, -0.2) is 0 Å². The number of nitrogens with zero attached hydrogens (tertiary/aromatic N) is 2. The summed E-state index contributed by atoms with van der Waals surface area (Å²) in [6.45, 7) is 11.7. The molecule has 0 fully saturated rings. The molecule has 0 aliphatic carbocycles. The summed E-state index contributed by atoms with van der Waals surface area (Å²) >= 11 is 0. The average molecular weight is 229 g/mol. The van der Waals surface area contributed by atoms with E-state index in [4.69, 9.17) is 10.9 Å². The molecular formula is C12H27N3O. The van der Waals surface area contributed by atoms with Crippen molar-refractivity contribution in [3.8, 4) is 0 Å². The molecule has 0 atom stereocenters. The molecule has 0 rings (SSSR count). The van der Waals surface area contributed by atoms with Crippen molar-refractivity contribution in [3.05, 3.63) is 0 Å². The van der Waals surface area contributed by atoms with Crippen molar-refractivity contribution in [3.63, 3.8) is 0 Å². The van der Waals surface area contributed by atoms with Crippen LogP contribution in [0.4, 0.5) is 0 Å². The Hall–Kier alpha value is -0.770. The van der Waals surface area contributed by atoms with E-state index >= 15 is 0 Å². The Morgan fingerprint density at radius 2 is 1.69 bits per heavy atom. The second-order valence-electron chi connectivity index (χ2n) is 4.96. The summed E-state index contributed by atoms with van der Waals surface area (Å²) in [5.74, 6) is 0.320. The van der Waals surface area contributed by atoms with Crippen LogP contribution < -0.4 is 5.73 Å². The van der Waals surface area contributed by atoms with Crippen LogP contribution in [0.1, 0.15) is 47.0 Å². The van der Waals surface area contributed by atoms with Crippen LogP contribution in [-0.4, -0.2) is 35.6 Å². The Kier molecular flexibility index (Phi) is 7.13. The van der Waals surface area contributed by atoms with Gasteiger partial charge in [0, 0.05) is 5.41 Å². The number of hydrogen-bond acceptors (Lipinski definition) is 3. The smallest absolute Gasteiger partial charge is 0.144 e. The number of amidine groups is 1. The zero-order valence-electron chi connectivity index (χ0n) is 11.2. The lowest BCUT2D eigenvalue weighted by Gasteiger charge is -2.28. The number of nitrogens with two attached hydrogens (primary N) is 1. The lowest BCUT2D eigenvalue weighted by molar-refractivity contribution is 0.241. The first-order valence-electron chi connectivity index (χ1n) is 6.18. The van der Waals surface area contributed by atoms with Crippen LogP contribution in [0.3, 0.4) is 0 Å². The van der Waals surface area contributed by atoms with Gasteiger partial charge in [0.15, 0.2) is 0 Å². The van der Waals surface area contributed by atoms with Crippen molar-refractivity contribution >= 4 is 5.84 Å². The first kappa shape index (κ1) is 15.2. The zero-order chi connectivity index (χ0) is 12.6. The molecule has 3 N–H and O–H groups in total. The Morgan fingerprint density at radius 3 is 2.06 bits per heavy atom. The predicted molar refractivity (Wildman–Crippen MR) is 68.8 cm³/mol. The topological polar surface area (TPSA) is 61.8 Å². The van der Waals surface area contributed by atoms with Gasteiger partial charge in [0.05, 0.1) is 0 Å². The molecule has 0 saturated carbocycles. The highest BCUT2D eigenvalue weighted by atomic mass is 16.4. The monoisotopic (exact) mass is 229 g/mol. The van der Waals surface area contributed by atoms with E-state index in [9.17, 15) is 0 Å². The minimum absolute atomic E-state index is 0.228. The summed E-state index contributed by atoms with van der Waals surface area (Å²) in [4.78, 5) is 2.44. The largest absolute Gasteiger partial charge is 0.409 e. The maximum absolute atomic E-state index is 8.69. The molecule has 0 saturated heterocycles. The van der Waals surface area contributed by atoms with Crippen LogP contribution in [0, 0.1) is 5.41 Å². The maximum Gasteiger partial charge on any atom is 0.144 e. The number of hydrogen-bond donors (Lipinski definition) is 2. The molecular weight excluding hydrogens is 202 g/mol. The minimum atomic E-state index is -0.228. The van der Waals surface area contributed by atoms with Crippen molar-refractivity contribution in [1.82, 2.24) is 4.90 Å². The summed E-state index contributed by atoms with van der Waals surface area (Å²) in [6.07, 6.45) is 3.26. The summed E-state index contributed by atoms with van der Waals surface area (Å²) in [7, 11) is 0. The Labute approximate surface area is 99.5 Å². The van der Waals surface area contributed by atoms with Crippen molar-refractivity contribution in [2.24, 2.45) is 16.3 Å². The van der Waals surface area contributed by atoms with Crippen molar-refractivity contribution in [2.45, 2.75) is 47.0 Å². The zero-order valence-corrected chi connectivity index (χ0v) is 11.2. The van der Waals surface area contributed by atoms with E-state index in [1.165, 1.54) is 12.8 Å². The predicted octanol–water partition coefficient (Wildman–Crippen LogP) is 2.27. The first-order chi connectivity index (χ1) is 7.47. The first-order valence-corrected chi connectivity index (χ1v) is 6.18. The summed E-state index contributed by atoms with van der Waals surface area (Å²) in [5.41, 5.74) is 5.44. The van der Waals surface area contributed by atoms with Gasteiger partial charge in [-0.05, 0) is 38.9 Å². The van der Waals surface area contributed by atoms with E-state index < -0.39 is 0 Å². The summed E-state index contributed by atoms with van der Waals surface area (Å²) < 4.78 is 0. The second kappa shape index (κ2) is 7.49. The normalized spacial score (nSPS) is 13.4. The summed E-state index contributed by atoms with van der Waals surface area (Å²) in [6, 6.07) is 0. The molecule has 4 heteroatoms. The van der Waals surface area contributed by atoms with Gasteiger partial charge in [0.2, 0.25) is 0 Å². The van der Waals surface area contributed by atoms with Gasteiger partial charge < -0.3 is 15.8 Å². The average Bonchev–Trinajstić information content (AvgIpc) is 2.25. The highest BCUT2D eigenvalue weighted by Gasteiger charge is 2.24.